The molecule has 0 spiro atoms. The summed E-state index contributed by atoms with van der Waals surface area (Å²) in [5.41, 5.74) is 1.26. The first-order valence-electron chi connectivity index (χ1n) is 8.72. The summed E-state index contributed by atoms with van der Waals surface area (Å²) in [4.78, 5) is 14.9. The highest BCUT2D eigenvalue weighted by Gasteiger charge is 2.32. The first-order valence-corrected chi connectivity index (χ1v) is 8.72. The van der Waals surface area contributed by atoms with Crippen LogP contribution in [0, 0.1) is 5.41 Å². The van der Waals surface area contributed by atoms with Gasteiger partial charge in [-0.2, -0.15) is 8.78 Å². The Morgan fingerprint density at radius 3 is 2.56 bits per heavy atom. The summed E-state index contributed by atoms with van der Waals surface area (Å²) in [5.74, 6) is -3.13. The average molecular weight is 369 g/mol. The number of alkyl halides is 2. The third-order valence-corrected chi connectivity index (χ3v) is 4.62. The molecule has 6 heteroatoms. The number of allylic oxidation sites excluding steroid dienone is 3. The Morgan fingerprint density at radius 1 is 1.26 bits per heavy atom. The Balaban J connectivity index is 1.94. The van der Waals surface area contributed by atoms with Crippen LogP contribution in [0.15, 0.2) is 65.2 Å². The number of halogens is 2. The minimum absolute atomic E-state index is 0.0249. The Kier molecular flexibility index (Phi) is 5.08. The lowest BCUT2D eigenvalue weighted by Crippen LogP contribution is -2.21. The van der Waals surface area contributed by atoms with Gasteiger partial charge >= 0.3 is 0 Å². The highest BCUT2D eigenvalue weighted by atomic mass is 19.3. The van der Waals surface area contributed by atoms with Gasteiger partial charge in [-0.3, -0.25) is 10.2 Å². The molecule has 2 aromatic rings. The number of rotatable bonds is 6. The van der Waals surface area contributed by atoms with Gasteiger partial charge in [-0.15, -0.1) is 0 Å². The third kappa shape index (κ3) is 3.74. The van der Waals surface area contributed by atoms with Crippen LogP contribution in [0.2, 0.25) is 0 Å². The molecule has 0 bridgehead atoms. The van der Waals surface area contributed by atoms with Gasteiger partial charge in [0.15, 0.2) is 0 Å². The molecule has 0 atom stereocenters. The predicted molar refractivity (Wildman–Crippen MR) is 104 cm³/mol. The number of aromatic nitrogens is 1. The van der Waals surface area contributed by atoms with Crippen molar-refractivity contribution in [1.82, 2.24) is 4.98 Å². The van der Waals surface area contributed by atoms with Crippen molar-refractivity contribution in [2.75, 3.05) is 5.32 Å². The number of H-pyrrole nitrogens is 1. The lowest BCUT2D eigenvalue weighted by molar-refractivity contribution is 0.0385. The molecule has 0 aliphatic heterocycles. The normalized spacial score (nSPS) is 14.0. The monoisotopic (exact) mass is 369 g/mol. The van der Waals surface area contributed by atoms with Crippen molar-refractivity contribution < 1.29 is 8.78 Å². The Labute approximate surface area is 156 Å². The van der Waals surface area contributed by atoms with Crippen molar-refractivity contribution in [3.05, 3.63) is 87.5 Å². The van der Waals surface area contributed by atoms with Crippen LogP contribution >= 0.6 is 0 Å². The molecule has 0 unspecified atom stereocenters. The van der Waals surface area contributed by atoms with Crippen molar-refractivity contribution in [2.24, 2.45) is 0 Å². The van der Waals surface area contributed by atoms with E-state index >= 15 is 0 Å². The van der Waals surface area contributed by atoms with Crippen molar-refractivity contribution in [3.8, 4) is 0 Å². The molecule has 0 saturated carbocycles. The number of pyridine rings is 1. The number of benzene rings is 1. The fraction of sp³-hybridized carbons (Fsp3) is 0.238. The minimum Gasteiger partial charge on any atom is -0.358 e. The molecule has 1 heterocycles. The van der Waals surface area contributed by atoms with Crippen LogP contribution < -0.4 is 10.9 Å². The third-order valence-electron chi connectivity index (χ3n) is 4.62. The standard InChI is InChI=1S/C21H21F2N3O/c1-13(2)21(22,23)15-9-7-14(8-10-15)19(24)18-17(11-12-25-20(18)27)26-16-5-3-4-6-16/h5,7-12,24H,1,3-4,6H2,2H3,(H2,25,26,27). The van der Waals surface area contributed by atoms with Crippen molar-refractivity contribution >= 4 is 11.4 Å². The zero-order valence-electron chi connectivity index (χ0n) is 15.0. The molecular formula is C21H21F2N3O. The van der Waals surface area contributed by atoms with Crippen molar-refractivity contribution in [1.29, 1.82) is 5.41 Å². The molecule has 3 rings (SSSR count). The maximum Gasteiger partial charge on any atom is 0.294 e. The molecule has 0 saturated heterocycles. The number of hydrogen-bond donors (Lipinski definition) is 3. The lowest BCUT2D eigenvalue weighted by atomic mass is 9.97. The molecule has 0 radical (unpaired) electrons. The van der Waals surface area contributed by atoms with Gasteiger partial charge in [-0.25, -0.2) is 0 Å². The zero-order valence-corrected chi connectivity index (χ0v) is 15.0. The second-order valence-corrected chi connectivity index (χ2v) is 6.65. The van der Waals surface area contributed by atoms with Gasteiger partial charge in [0, 0.05) is 23.0 Å². The number of nitrogens with one attached hydrogen (secondary N) is 3. The summed E-state index contributed by atoms with van der Waals surface area (Å²) in [6.45, 7) is 4.60. The summed E-state index contributed by atoms with van der Waals surface area (Å²) < 4.78 is 28.1. The fourth-order valence-electron chi connectivity index (χ4n) is 3.03. The molecule has 27 heavy (non-hydrogen) atoms. The van der Waals surface area contributed by atoms with Crippen LogP contribution in [0.3, 0.4) is 0 Å². The van der Waals surface area contributed by atoms with E-state index in [0.29, 0.717) is 11.3 Å². The summed E-state index contributed by atoms with van der Waals surface area (Å²) in [6.07, 6.45) is 6.52. The Morgan fingerprint density at radius 2 is 1.96 bits per heavy atom. The van der Waals surface area contributed by atoms with Crippen LogP contribution in [-0.2, 0) is 5.92 Å². The summed E-state index contributed by atoms with van der Waals surface area (Å²) in [6, 6.07) is 7.09. The Bertz CT molecular complexity index is 972. The summed E-state index contributed by atoms with van der Waals surface area (Å²) in [7, 11) is 0. The van der Waals surface area contributed by atoms with Gasteiger partial charge in [0.25, 0.3) is 11.5 Å². The first kappa shape index (κ1) is 18.8. The fourth-order valence-corrected chi connectivity index (χ4v) is 3.03. The highest BCUT2D eigenvalue weighted by Crippen LogP contribution is 2.34. The van der Waals surface area contributed by atoms with Crippen molar-refractivity contribution in [3.63, 3.8) is 0 Å². The van der Waals surface area contributed by atoms with Gasteiger partial charge in [-0.05, 0) is 37.8 Å². The van der Waals surface area contributed by atoms with E-state index in [4.69, 9.17) is 5.41 Å². The maximum absolute atomic E-state index is 14.1. The molecule has 4 nitrogen and oxygen atoms in total. The van der Waals surface area contributed by atoms with E-state index in [2.05, 4.69) is 23.0 Å². The smallest absolute Gasteiger partial charge is 0.294 e. The van der Waals surface area contributed by atoms with Gasteiger partial charge in [0.1, 0.15) is 0 Å². The molecule has 1 aliphatic carbocycles. The molecule has 0 fully saturated rings. The zero-order chi connectivity index (χ0) is 19.6. The van der Waals surface area contributed by atoms with E-state index in [9.17, 15) is 13.6 Å². The van der Waals surface area contributed by atoms with Crippen LogP contribution in [0.25, 0.3) is 0 Å². The second kappa shape index (κ2) is 7.31. The van der Waals surface area contributed by atoms with E-state index in [1.165, 1.54) is 37.4 Å². The van der Waals surface area contributed by atoms with E-state index in [-0.39, 0.29) is 22.4 Å². The highest BCUT2D eigenvalue weighted by molar-refractivity contribution is 6.13. The van der Waals surface area contributed by atoms with Crippen LogP contribution in [0.1, 0.15) is 42.9 Å². The molecule has 1 aromatic carbocycles. The minimum atomic E-state index is -3.13. The average Bonchev–Trinajstić information content (AvgIpc) is 3.14. The molecule has 1 aliphatic rings. The number of aromatic amines is 1. The molecule has 1 aromatic heterocycles. The quantitative estimate of drug-likeness (QED) is 0.499. The van der Waals surface area contributed by atoms with Gasteiger partial charge in [0.05, 0.1) is 17.0 Å². The lowest BCUT2D eigenvalue weighted by Gasteiger charge is -2.17. The topological polar surface area (TPSA) is 68.7 Å². The van der Waals surface area contributed by atoms with E-state index in [0.717, 1.165) is 25.0 Å². The molecule has 3 N–H and O–H groups in total. The predicted octanol–water partition coefficient (Wildman–Crippen LogP) is 4.94. The van der Waals surface area contributed by atoms with Gasteiger partial charge in [-0.1, -0.05) is 36.9 Å². The van der Waals surface area contributed by atoms with Gasteiger partial charge < -0.3 is 10.3 Å². The molecular weight excluding hydrogens is 348 g/mol. The van der Waals surface area contributed by atoms with E-state index in [1.807, 2.05) is 0 Å². The van der Waals surface area contributed by atoms with Gasteiger partial charge in [0.2, 0.25) is 0 Å². The van der Waals surface area contributed by atoms with Crippen LogP contribution in [-0.4, -0.2) is 10.7 Å². The SMILES string of the molecule is C=C(C)C(F)(F)c1ccc(C(=N)c2c(NC3=CCCC3)cc[nH]c2=O)cc1. The van der Waals surface area contributed by atoms with E-state index < -0.39 is 11.5 Å². The Hall–Kier alpha value is -3.02. The maximum atomic E-state index is 14.1. The largest absolute Gasteiger partial charge is 0.358 e. The van der Waals surface area contributed by atoms with Crippen molar-refractivity contribution in [2.45, 2.75) is 32.1 Å². The number of anilines is 1. The molecule has 140 valence electrons. The second-order valence-electron chi connectivity index (χ2n) is 6.65. The molecule has 0 amide bonds. The van der Waals surface area contributed by atoms with E-state index in [1.54, 1.807) is 6.07 Å². The van der Waals surface area contributed by atoms with Crippen LogP contribution in [0.4, 0.5) is 14.5 Å². The summed E-state index contributed by atoms with van der Waals surface area (Å²) in [5, 5.41) is 11.7. The first-order chi connectivity index (χ1) is 12.8. The van der Waals surface area contributed by atoms with Crippen LogP contribution in [0.5, 0.6) is 0 Å². The summed E-state index contributed by atoms with van der Waals surface area (Å²) >= 11 is 0. The number of hydrogen-bond acceptors (Lipinski definition) is 3.